The number of carbonyl (C=O) groups is 3. The minimum Gasteiger partial charge on any atom is -0.481 e. The van der Waals surface area contributed by atoms with Crippen LogP contribution in [-0.4, -0.2) is 80.3 Å². The number of rotatable bonds is 12. The van der Waals surface area contributed by atoms with Crippen molar-refractivity contribution in [3.63, 3.8) is 0 Å². The van der Waals surface area contributed by atoms with Gasteiger partial charge in [-0.05, 0) is 51.8 Å². The number of hydrogen-bond donors (Lipinski definition) is 3. The first kappa shape index (κ1) is 39.0. The van der Waals surface area contributed by atoms with Crippen molar-refractivity contribution < 1.29 is 23.9 Å². The van der Waals surface area contributed by atoms with Crippen molar-refractivity contribution in [3.8, 4) is 39.5 Å². The Kier molecular flexibility index (Phi) is 11.5. The van der Waals surface area contributed by atoms with Crippen LogP contribution in [0.2, 0.25) is 10.0 Å². The van der Waals surface area contributed by atoms with Gasteiger partial charge in [-0.2, -0.15) is 5.10 Å². The van der Waals surface area contributed by atoms with Gasteiger partial charge in [0.15, 0.2) is 5.65 Å². The normalized spacial score (nSPS) is 16.9. The van der Waals surface area contributed by atoms with E-state index in [9.17, 15) is 14.4 Å². The fourth-order valence-electron chi connectivity index (χ4n) is 7.01. The number of amides is 3. The van der Waals surface area contributed by atoms with Crippen LogP contribution in [0.4, 0.5) is 4.79 Å². The molecule has 7 rings (SSSR count). The third-order valence-electron chi connectivity index (χ3n) is 9.74. The number of nitrogens with one attached hydrogen (secondary N) is 3. The summed E-state index contributed by atoms with van der Waals surface area (Å²) in [6.07, 6.45) is 5.59. The van der Waals surface area contributed by atoms with Crippen LogP contribution in [0.15, 0.2) is 67.0 Å². The molecule has 0 radical (unpaired) electrons. The first-order chi connectivity index (χ1) is 26.9. The Morgan fingerprint density at radius 3 is 2.11 bits per heavy atom. The van der Waals surface area contributed by atoms with Gasteiger partial charge in [-0.15, -0.1) is 0 Å². The first-order valence-corrected chi connectivity index (χ1v) is 19.3. The van der Waals surface area contributed by atoms with Crippen LogP contribution < -0.4 is 20.7 Å². The second-order valence-electron chi connectivity index (χ2n) is 15.0. The summed E-state index contributed by atoms with van der Waals surface area (Å²) in [6, 6.07) is 17.0. The van der Waals surface area contributed by atoms with Crippen molar-refractivity contribution in [1.29, 1.82) is 0 Å². The molecule has 3 amide bonds. The van der Waals surface area contributed by atoms with Crippen LogP contribution >= 0.6 is 23.2 Å². The SMILES string of the molecule is COc1nc(-c2cccc(-c3cccc(-c4ccn5ncc(CNC[C@@H]6CCC(=O)N6)c5n4)c3Cl)c2Cl)ccc1CN(C[C@@H]1CCC(=O)N1)C(=O)OC(C)(C)C. The maximum absolute atomic E-state index is 13.3. The van der Waals surface area contributed by atoms with Crippen LogP contribution in [0.5, 0.6) is 5.88 Å². The quantitative estimate of drug-likeness (QED) is 0.123. The van der Waals surface area contributed by atoms with Crippen molar-refractivity contribution in [3.05, 3.63) is 88.2 Å². The van der Waals surface area contributed by atoms with Gasteiger partial charge < -0.3 is 30.3 Å². The lowest BCUT2D eigenvalue weighted by Crippen LogP contribution is -2.43. The summed E-state index contributed by atoms with van der Waals surface area (Å²) in [4.78, 5) is 48.2. The van der Waals surface area contributed by atoms with Crippen molar-refractivity contribution in [1.82, 2.24) is 40.4 Å². The van der Waals surface area contributed by atoms with Gasteiger partial charge in [0, 0.05) is 84.1 Å². The number of nitrogens with zero attached hydrogens (tertiary/aromatic N) is 5. The van der Waals surface area contributed by atoms with Crippen LogP contribution in [0.25, 0.3) is 39.3 Å². The van der Waals surface area contributed by atoms with E-state index in [0.717, 1.165) is 23.1 Å². The monoisotopic (exact) mass is 798 g/mol. The molecule has 5 heterocycles. The maximum atomic E-state index is 13.3. The maximum Gasteiger partial charge on any atom is 0.410 e. The van der Waals surface area contributed by atoms with E-state index in [1.807, 2.05) is 81.6 Å². The lowest BCUT2D eigenvalue weighted by atomic mass is 9.98. The highest BCUT2D eigenvalue weighted by Gasteiger charge is 2.30. The van der Waals surface area contributed by atoms with E-state index >= 15 is 0 Å². The van der Waals surface area contributed by atoms with E-state index < -0.39 is 11.7 Å². The second-order valence-corrected chi connectivity index (χ2v) is 15.8. The molecule has 0 saturated carbocycles. The third-order valence-corrected chi connectivity index (χ3v) is 10.6. The first-order valence-electron chi connectivity index (χ1n) is 18.6. The molecule has 0 bridgehead atoms. The average Bonchev–Trinajstić information content (AvgIpc) is 3.90. The summed E-state index contributed by atoms with van der Waals surface area (Å²) in [5.74, 6) is 0.384. The zero-order chi connectivity index (χ0) is 39.6. The van der Waals surface area contributed by atoms with Gasteiger partial charge >= 0.3 is 6.09 Å². The number of hydrogen-bond acceptors (Lipinski definition) is 9. The Hall–Kier alpha value is -5.24. The highest BCUT2D eigenvalue weighted by Crippen LogP contribution is 2.42. The summed E-state index contributed by atoms with van der Waals surface area (Å²) in [6.45, 7) is 7.09. The molecule has 2 fully saturated rings. The van der Waals surface area contributed by atoms with E-state index in [0.29, 0.717) is 82.0 Å². The molecule has 0 spiro atoms. The molecule has 2 aromatic carbocycles. The molecule has 3 N–H and O–H groups in total. The fourth-order valence-corrected chi connectivity index (χ4v) is 7.66. The standard InChI is InChI=1S/C41H44Cl2N8O5/c1-41(2,3)56-40(54)50(23-27-13-16-35(53)47-27)22-24-11-14-32(49-39(24)55-4)30-9-5-7-28(36(30)42)29-8-6-10-31(37(29)43)33-17-18-51-38(48-33)25(20-45-51)19-44-21-26-12-15-34(52)46-26/h5-11,14,17-18,20,26-27,44H,12-13,15-16,19,21-23H2,1-4H3,(H,46,52)(H,47,53)/t26-,27-/m0/s1. The molecular weight excluding hydrogens is 755 g/mol. The van der Waals surface area contributed by atoms with Crippen LogP contribution in [-0.2, 0) is 27.4 Å². The Morgan fingerprint density at radius 2 is 1.50 bits per heavy atom. The molecule has 0 aliphatic carbocycles. The molecule has 0 unspecified atom stereocenters. The molecule has 56 heavy (non-hydrogen) atoms. The Balaban J connectivity index is 1.13. The molecule has 2 atom stereocenters. The van der Waals surface area contributed by atoms with Gasteiger partial charge in [0.2, 0.25) is 17.7 Å². The summed E-state index contributed by atoms with van der Waals surface area (Å²) in [5, 5.41) is 14.7. The van der Waals surface area contributed by atoms with Gasteiger partial charge in [-0.1, -0.05) is 59.6 Å². The van der Waals surface area contributed by atoms with E-state index in [2.05, 4.69) is 21.0 Å². The number of fused-ring (bicyclic) bond motifs is 1. The number of methoxy groups -OCH3 is 1. The number of benzene rings is 2. The summed E-state index contributed by atoms with van der Waals surface area (Å²) >= 11 is 14.3. The van der Waals surface area contributed by atoms with Crippen LogP contribution in [0.3, 0.4) is 0 Å². The number of halogens is 2. The van der Waals surface area contributed by atoms with Crippen LogP contribution in [0, 0.1) is 0 Å². The number of pyridine rings is 1. The smallest absolute Gasteiger partial charge is 0.410 e. The van der Waals surface area contributed by atoms with Gasteiger partial charge in [0.1, 0.15) is 5.60 Å². The van der Waals surface area contributed by atoms with Crippen molar-refractivity contribution >= 4 is 46.8 Å². The molecule has 2 saturated heterocycles. The highest BCUT2D eigenvalue weighted by atomic mass is 35.5. The van der Waals surface area contributed by atoms with Gasteiger partial charge in [-0.25, -0.2) is 19.3 Å². The molecule has 5 aromatic rings. The third kappa shape index (κ3) is 8.75. The lowest BCUT2D eigenvalue weighted by molar-refractivity contribution is -0.120. The van der Waals surface area contributed by atoms with Crippen molar-refractivity contribution in [2.75, 3.05) is 20.2 Å². The Morgan fingerprint density at radius 1 is 0.875 bits per heavy atom. The second kappa shape index (κ2) is 16.5. The molecule has 292 valence electrons. The predicted molar refractivity (Wildman–Crippen MR) is 214 cm³/mol. The molecular formula is C41H44Cl2N8O5. The predicted octanol–water partition coefficient (Wildman–Crippen LogP) is 6.82. The minimum atomic E-state index is -0.701. The molecule has 2 aliphatic heterocycles. The molecule has 2 aliphatic rings. The minimum absolute atomic E-state index is 0.0331. The topological polar surface area (TPSA) is 152 Å². The van der Waals surface area contributed by atoms with Gasteiger partial charge in [-0.3, -0.25) is 9.59 Å². The van der Waals surface area contributed by atoms with Gasteiger partial charge in [0.25, 0.3) is 0 Å². The number of ether oxygens (including phenoxy) is 2. The number of carbonyl (C=O) groups excluding carboxylic acids is 3. The lowest BCUT2D eigenvalue weighted by Gasteiger charge is -2.29. The van der Waals surface area contributed by atoms with Gasteiger partial charge in [0.05, 0.1) is 41.3 Å². The Bertz CT molecular complexity index is 2290. The molecule has 13 nitrogen and oxygen atoms in total. The summed E-state index contributed by atoms with van der Waals surface area (Å²) in [5.41, 5.74) is 5.68. The number of aromatic nitrogens is 4. The summed E-state index contributed by atoms with van der Waals surface area (Å²) < 4.78 is 13.2. The van der Waals surface area contributed by atoms with Crippen molar-refractivity contribution in [2.24, 2.45) is 0 Å². The fraction of sp³-hybridized carbons (Fsp3) is 0.366. The zero-order valence-corrected chi connectivity index (χ0v) is 33.2. The van der Waals surface area contributed by atoms with E-state index in [4.69, 9.17) is 42.6 Å². The average molecular weight is 800 g/mol. The largest absolute Gasteiger partial charge is 0.481 e. The van der Waals surface area contributed by atoms with Crippen LogP contribution in [0.1, 0.15) is 57.6 Å². The molecule has 15 heteroatoms. The Labute approximate surface area is 335 Å². The van der Waals surface area contributed by atoms with E-state index in [1.165, 1.54) is 7.11 Å². The van der Waals surface area contributed by atoms with E-state index in [-0.39, 0.29) is 37.0 Å². The summed E-state index contributed by atoms with van der Waals surface area (Å²) in [7, 11) is 1.53. The van der Waals surface area contributed by atoms with Crippen molar-refractivity contribution in [2.45, 2.75) is 77.2 Å². The molecule has 3 aromatic heterocycles. The highest BCUT2D eigenvalue weighted by molar-refractivity contribution is 6.39. The van der Waals surface area contributed by atoms with E-state index in [1.54, 1.807) is 15.6 Å². The zero-order valence-electron chi connectivity index (χ0n) is 31.7.